The third kappa shape index (κ3) is 3.71. The molecular formula is C16H18ClN3O. The standard InChI is InChI=1S/C16H18ClN3O/c17-14-9-15(18-10-11-6-7-13(21)8-11)20-16(19-14)12-4-2-1-3-5-12/h1-5,9,11,13,21H,6-8,10H2,(H,18,19,20). The van der Waals surface area contributed by atoms with Gasteiger partial charge < -0.3 is 10.4 Å². The molecular weight excluding hydrogens is 286 g/mol. The van der Waals surface area contributed by atoms with Gasteiger partial charge in [-0.3, -0.25) is 0 Å². The SMILES string of the molecule is OC1CCC(CNc2cc(Cl)nc(-c3ccccc3)n2)C1. The predicted molar refractivity (Wildman–Crippen MR) is 84.3 cm³/mol. The van der Waals surface area contributed by atoms with Gasteiger partial charge in [-0.2, -0.15) is 0 Å². The molecule has 0 bridgehead atoms. The molecule has 1 aromatic carbocycles. The Labute approximate surface area is 129 Å². The van der Waals surface area contributed by atoms with Crippen molar-refractivity contribution in [2.75, 3.05) is 11.9 Å². The van der Waals surface area contributed by atoms with E-state index in [2.05, 4.69) is 15.3 Å². The number of anilines is 1. The first-order valence-electron chi connectivity index (χ1n) is 7.22. The summed E-state index contributed by atoms with van der Waals surface area (Å²) in [5.41, 5.74) is 0.944. The van der Waals surface area contributed by atoms with Crippen molar-refractivity contribution in [3.8, 4) is 11.4 Å². The lowest BCUT2D eigenvalue weighted by Crippen LogP contribution is -2.13. The quantitative estimate of drug-likeness (QED) is 0.850. The average Bonchev–Trinajstić information content (AvgIpc) is 2.91. The highest BCUT2D eigenvalue weighted by molar-refractivity contribution is 6.29. The monoisotopic (exact) mass is 303 g/mol. The Balaban J connectivity index is 1.72. The summed E-state index contributed by atoms with van der Waals surface area (Å²) < 4.78 is 0. The van der Waals surface area contributed by atoms with Crippen molar-refractivity contribution in [3.05, 3.63) is 41.6 Å². The van der Waals surface area contributed by atoms with Crippen LogP contribution in [-0.4, -0.2) is 27.7 Å². The number of hydrogen-bond donors (Lipinski definition) is 2. The van der Waals surface area contributed by atoms with E-state index in [4.69, 9.17) is 11.6 Å². The van der Waals surface area contributed by atoms with Crippen LogP contribution in [0.4, 0.5) is 5.82 Å². The smallest absolute Gasteiger partial charge is 0.163 e. The van der Waals surface area contributed by atoms with Gasteiger partial charge in [0, 0.05) is 18.2 Å². The number of nitrogens with one attached hydrogen (secondary N) is 1. The molecule has 2 atom stereocenters. The second-order valence-corrected chi connectivity index (χ2v) is 5.87. The third-order valence-corrected chi connectivity index (χ3v) is 4.01. The van der Waals surface area contributed by atoms with Crippen LogP contribution in [0.1, 0.15) is 19.3 Å². The molecule has 110 valence electrons. The highest BCUT2D eigenvalue weighted by Crippen LogP contribution is 2.26. The first kappa shape index (κ1) is 14.3. The van der Waals surface area contributed by atoms with Crippen LogP contribution in [0, 0.1) is 5.92 Å². The lowest BCUT2D eigenvalue weighted by Gasteiger charge is -2.12. The molecule has 2 unspecified atom stereocenters. The van der Waals surface area contributed by atoms with E-state index in [1.165, 1.54) is 0 Å². The third-order valence-electron chi connectivity index (χ3n) is 3.81. The molecule has 0 amide bonds. The van der Waals surface area contributed by atoms with Gasteiger partial charge in [0.25, 0.3) is 0 Å². The van der Waals surface area contributed by atoms with E-state index in [0.717, 1.165) is 37.2 Å². The summed E-state index contributed by atoms with van der Waals surface area (Å²) >= 11 is 6.09. The Hall–Kier alpha value is -1.65. The van der Waals surface area contributed by atoms with E-state index in [9.17, 15) is 5.11 Å². The molecule has 2 aromatic rings. The molecule has 0 saturated heterocycles. The first-order valence-corrected chi connectivity index (χ1v) is 7.60. The van der Waals surface area contributed by atoms with Gasteiger partial charge in [0.1, 0.15) is 11.0 Å². The molecule has 1 fully saturated rings. The van der Waals surface area contributed by atoms with Crippen molar-refractivity contribution in [3.63, 3.8) is 0 Å². The molecule has 5 heteroatoms. The van der Waals surface area contributed by atoms with Gasteiger partial charge in [-0.15, -0.1) is 0 Å². The van der Waals surface area contributed by atoms with Crippen molar-refractivity contribution in [2.45, 2.75) is 25.4 Å². The summed E-state index contributed by atoms with van der Waals surface area (Å²) in [5.74, 6) is 1.85. The number of aliphatic hydroxyl groups is 1. The summed E-state index contributed by atoms with van der Waals surface area (Å²) in [5, 5.41) is 13.3. The number of halogens is 1. The van der Waals surface area contributed by atoms with E-state index < -0.39 is 0 Å². The van der Waals surface area contributed by atoms with Crippen LogP contribution in [0.5, 0.6) is 0 Å². The molecule has 2 N–H and O–H groups in total. The molecule has 1 aliphatic carbocycles. The Morgan fingerprint density at radius 1 is 1.19 bits per heavy atom. The van der Waals surface area contributed by atoms with E-state index in [0.29, 0.717) is 16.9 Å². The van der Waals surface area contributed by atoms with Gasteiger partial charge in [0.05, 0.1) is 6.10 Å². The van der Waals surface area contributed by atoms with Crippen LogP contribution in [0.15, 0.2) is 36.4 Å². The van der Waals surface area contributed by atoms with Crippen molar-refractivity contribution >= 4 is 17.4 Å². The lowest BCUT2D eigenvalue weighted by molar-refractivity contribution is 0.178. The molecule has 3 rings (SSSR count). The first-order chi connectivity index (χ1) is 10.2. The number of benzene rings is 1. The fourth-order valence-corrected chi connectivity index (χ4v) is 2.89. The molecule has 0 radical (unpaired) electrons. The zero-order chi connectivity index (χ0) is 14.7. The number of nitrogens with zero attached hydrogens (tertiary/aromatic N) is 2. The Bertz CT molecular complexity index is 606. The minimum atomic E-state index is -0.148. The Kier molecular flexibility index (Phi) is 4.36. The Morgan fingerprint density at radius 2 is 2.00 bits per heavy atom. The van der Waals surface area contributed by atoms with Crippen molar-refractivity contribution in [2.24, 2.45) is 5.92 Å². The van der Waals surface area contributed by atoms with Crippen LogP contribution in [0.2, 0.25) is 5.15 Å². The topological polar surface area (TPSA) is 58.0 Å². The summed E-state index contributed by atoms with van der Waals surface area (Å²) in [6.07, 6.45) is 2.66. The molecule has 21 heavy (non-hydrogen) atoms. The van der Waals surface area contributed by atoms with Crippen LogP contribution >= 0.6 is 11.6 Å². The van der Waals surface area contributed by atoms with E-state index in [1.54, 1.807) is 6.07 Å². The average molecular weight is 304 g/mol. The largest absolute Gasteiger partial charge is 0.393 e. The number of aromatic nitrogens is 2. The van der Waals surface area contributed by atoms with Crippen molar-refractivity contribution in [1.29, 1.82) is 0 Å². The summed E-state index contributed by atoms with van der Waals surface area (Å²) in [4.78, 5) is 8.78. The highest BCUT2D eigenvalue weighted by atomic mass is 35.5. The van der Waals surface area contributed by atoms with Gasteiger partial charge in [-0.05, 0) is 25.2 Å². The minimum Gasteiger partial charge on any atom is -0.393 e. The summed E-state index contributed by atoms with van der Waals surface area (Å²) in [6, 6.07) is 11.5. The van der Waals surface area contributed by atoms with E-state index >= 15 is 0 Å². The zero-order valence-corrected chi connectivity index (χ0v) is 12.4. The molecule has 1 saturated carbocycles. The maximum atomic E-state index is 9.56. The number of rotatable bonds is 4. The van der Waals surface area contributed by atoms with Gasteiger partial charge in [0.2, 0.25) is 0 Å². The Morgan fingerprint density at radius 3 is 2.71 bits per heavy atom. The van der Waals surface area contributed by atoms with E-state index in [1.807, 2.05) is 30.3 Å². The van der Waals surface area contributed by atoms with Crippen LogP contribution in [0.3, 0.4) is 0 Å². The molecule has 1 aliphatic rings. The molecule has 0 spiro atoms. The summed E-state index contributed by atoms with van der Waals surface area (Å²) in [7, 11) is 0. The highest BCUT2D eigenvalue weighted by Gasteiger charge is 2.22. The van der Waals surface area contributed by atoms with Crippen LogP contribution in [-0.2, 0) is 0 Å². The zero-order valence-electron chi connectivity index (χ0n) is 11.7. The summed E-state index contributed by atoms with van der Waals surface area (Å²) in [6.45, 7) is 0.804. The fourth-order valence-electron chi connectivity index (χ4n) is 2.71. The van der Waals surface area contributed by atoms with Gasteiger partial charge in [-0.25, -0.2) is 9.97 Å². The van der Waals surface area contributed by atoms with E-state index in [-0.39, 0.29) is 6.10 Å². The second kappa shape index (κ2) is 6.41. The second-order valence-electron chi connectivity index (χ2n) is 5.48. The lowest BCUT2D eigenvalue weighted by atomic mass is 10.1. The normalized spacial score (nSPS) is 21.4. The molecule has 1 aromatic heterocycles. The van der Waals surface area contributed by atoms with Crippen LogP contribution < -0.4 is 5.32 Å². The van der Waals surface area contributed by atoms with Gasteiger partial charge >= 0.3 is 0 Å². The van der Waals surface area contributed by atoms with Crippen molar-refractivity contribution in [1.82, 2.24) is 9.97 Å². The van der Waals surface area contributed by atoms with Gasteiger partial charge in [-0.1, -0.05) is 41.9 Å². The fraction of sp³-hybridized carbons (Fsp3) is 0.375. The maximum absolute atomic E-state index is 9.56. The molecule has 0 aliphatic heterocycles. The van der Waals surface area contributed by atoms with Crippen LogP contribution in [0.25, 0.3) is 11.4 Å². The number of hydrogen-bond acceptors (Lipinski definition) is 4. The maximum Gasteiger partial charge on any atom is 0.163 e. The van der Waals surface area contributed by atoms with Crippen molar-refractivity contribution < 1.29 is 5.11 Å². The molecule has 4 nitrogen and oxygen atoms in total. The van der Waals surface area contributed by atoms with Gasteiger partial charge in [0.15, 0.2) is 5.82 Å². The minimum absolute atomic E-state index is 0.148. The molecule has 1 heterocycles. The predicted octanol–water partition coefficient (Wildman–Crippen LogP) is 3.37. The number of aliphatic hydroxyl groups excluding tert-OH is 1.